The van der Waals surface area contributed by atoms with Gasteiger partial charge in [0.15, 0.2) is 0 Å². The summed E-state index contributed by atoms with van der Waals surface area (Å²) in [7, 11) is 0. The minimum absolute atomic E-state index is 0.715. The average molecular weight is 184 g/mol. The van der Waals surface area contributed by atoms with Gasteiger partial charge in [0.1, 0.15) is 18.1 Å². The summed E-state index contributed by atoms with van der Waals surface area (Å²) in [6.07, 6.45) is 6.35. The van der Waals surface area contributed by atoms with Gasteiger partial charge in [-0.1, -0.05) is 6.42 Å². The number of nitrogen functional groups attached to an aromatic ring is 1. The summed E-state index contributed by atoms with van der Waals surface area (Å²) in [6, 6.07) is 0. The van der Waals surface area contributed by atoms with Crippen molar-refractivity contribution in [2.75, 3.05) is 5.73 Å². The Labute approximate surface area is 76.4 Å². The van der Waals surface area contributed by atoms with Crippen LogP contribution in [0.15, 0.2) is 0 Å². The van der Waals surface area contributed by atoms with E-state index in [1.165, 1.54) is 31.5 Å². The highest BCUT2D eigenvalue weighted by Gasteiger charge is 2.19. The van der Waals surface area contributed by atoms with Crippen molar-refractivity contribution in [3.05, 3.63) is 5.82 Å². The molecule has 1 aromatic heterocycles. The molecule has 0 amide bonds. The van der Waals surface area contributed by atoms with Crippen LogP contribution in [0.3, 0.4) is 0 Å². The van der Waals surface area contributed by atoms with Crippen molar-refractivity contribution in [2.45, 2.75) is 38.6 Å². The first-order valence-electron chi connectivity index (χ1n) is 4.52. The minimum atomic E-state index is 0.715. The van der Waals surface area contributed by atoms with Crippen molar-refractivity contribution in [3.8, 4) is 0 Å². The smallest absolute Gasteiger partial charge is 0.331 e. The van der Waals surface area contributed by atoms with Crippen LogP contribution in [0.4, 0.5) is 5.13 Å². The third kappa shape index (κ3) is 1.58. The number of hydrogen-bond donors (Lipinski definition) is 1. The lowest BCUT2D eigenvalue weighted by atomic mass is 10.1. The van der Waals surface area contributed by atoms with Crippen molar-refractivity contribution < 1.29 is 3.96 Å². The first-order chi connectivity index (χ1) is 5.86. The van der Waals surface area contributed by atoms with Gasteiger partial charge in [-0.2, -0.15) is 3.96 Å². The molecule has 0 aliphatic carbocycles. The SMILES string of the molecule is Nc1nc2[n+](s1)CCCCCC2. The molecule has 1 aliphatic rings. The zero-order valence-corrected chi connectivity index (χ0v) is 7.94. The maximum Gasteiger partial charge on any atom is 0.331 e. The number of aryl methyl sites for hydroxylation is 2. The van der Waals surface area contributed by atoms with Gasteiger partial charge in [0.25, 0.3) is 0 Å². The van der Waals surface area contributed by atoms with Gasteiger partial charge in [-0.25, -0.2) is 0 Å². The van der Waals surface area contributed by atoms with Crippen molar-refractivity contribution in [3.63, 3.8) is 0 Å². The molecule has 1 aliphatic heterocycles. The van der Waals surface area contributed by atoms with E-state index in [4.69, 9.17) is 5.73 Å². The molecule has 2 heterocycles. The second-order valence-electron chi connectivity index (χ2n) is 3.22. The Kier molecular flexibility index (Phi) is 2.26. The highest BCUT2D eigenvalue weighted by molar-refractivity contribution is 7.05. The summed E-state index contributed by atoms with van der Waals surface area (Å²) in [5.41, 5.74) is 5.65. The molecule has 0 aromatic carbocycles. The van der Waals surface area contributed by atoms with E-state index in [9.17, 15) is 0 Å². The van der Waals surface area contributed by atoms with Gasteiger partial charge in [-0.05, 0) is 24.2 Å². The van der Waals surface area contributed by atoms with E-state index in [0.717, 1.165) is 13.0 Å². The Morgan fingerprint density at radius 3 is 3.00 bits per heavy atom. The summed E-state index contributed by atoms with van der Waals surface area (Å²) >= 11 is 1.60. The van der Waals surface area contributed by atoms with Crippen molar-refractivity contribution in [1.29, 1.82) is 0 Å². The Bertz CT molecular complexity index is 244. The third-order valence-corrected chi connectivity index (χ3v) is 3.13. The summed E-state index contributed by atoms with van der Waals surface area (Å²) in [6.45, 7) is 1.12. The van der Waals surface area contributed by atoms with Gasteiger partial charge in [0.2, 0.25) is 0 Å². The van der Waals surface area contributed by atoms with Crippen LogP contribution in [-0.4, -0.2) is 4.98 Å². The van der Waals surface area contributed by atoms with Crippen LogP contribution in [0.2, 0.25) is 0 Å². The Morgan fingerprint density at radius 1 is 1.25 bits per heavy atom. The molecule has 12 heavy (non-hydrogen) atoms. The van der Waals surface area contributed by atoms with Gasteiger partial charge >= 0.3 is 11.0 Å². The predicted octanol–water partition coefficient (Wildman–Crippen LogP) is 1.13. The number of hydrogen-bond acceptors (Lipinski definition) is 3. The summed E-state index contributed by atoms with van der Waals surface area (Å²) in [5.74, 6) is 1.19. The molecule has 66 valence electrons. The van der Waals surface area contributed by atoms with Crippen LogP contribution >= 0.6 is 11.5 Å². The fourth-order valence-electron chi connectivity index (χ4n) is 1.62. The average Bonchev–Trinajstić information content (AvgIpc) is 2.32. The largest absolute Gasteiger partial charge is 0.351 e. The molecular weight excluding hydrogens is 170 g/mol. The molecule has 0 atom stereocenters. The van der Waals surface area contributed by atoms with E-state index in [2.05, 4.69) is 8.94 Å². The molecule has 3 nitrogen and oxygen atoms in total. The van der Waals surface area contributed by atoms with Crippen LogP contribution in [0.5, 0.6) is 0 Å². The van der Waals surface area contributed by atoms with Crippen molar-refractivity contribution in [1.82, 2.24) is 4.98 Å². The Morgan fingerprint density at radius 2 is 2.08 bits per heavy atom. The van der Waals surface area contributed by atoms with E-state index in [1.807, 2.05) is 0 Å². The number of nitrogens with zero attached hydrogens (tertiary/aromatic N) is 2. The highest BCUT2D eigenvalue weighted by Crippen LogP contribution is 2.12. The number of anilines is 1. The summed E-state index contributed by atoms with van der Waals surface area (Å²) < 4.78 is 2.24. The quantitative estimate of drug-likeness (QED) is 0.614. The van der Waals surface area contributed by atoms with Gasteiger partial charge in [0.05, 0.1) is 6.42 Å². The predicted molar refractivity (Wildman–Crippen MR) is 48.9 cm³/mol. The molecule has 0 bridgehead atoms. The molecular formula is C8H14N3S+. The first kappa shape index (κ1) is 7.98. The van der Waals surface area contributed by atoms with E-state index < -0.39 is 0 Å². The standard InChI is InChI=1S/C8H13N3S/c9-8-10-7-5-3-1-2-4-6-11(7)12-8/h9H,1-6H2/p+1. The monoisotopic (exact) mass is 184 g/mol. The second-order valence-corrected chi connectivity index (χ2v) is 4.27. The second kappa shape index (κ2) is 3.39. The molecule has 0 fully saturated rings. The molecule has 1 aromatic rings. The van der Waals surface area contributed by atoms with Gasteiger partial charge in [-0.3, -0.25) is 0 Å². The Balaban J connectivity index is 2.23. The number of rotatable bonds is 0. The van der Waals surface area contributed by atoms with E-state index in [-0.39, 0.29) is 0 Å². The number of nitrogens with two attached hydrogens (primary N) is 1. The normalized spacial score (nSPS) is 18.0. The van der Waals surface area contributed by atoms with Gasteiger partial charge in [0, 0.05) is 0 Å². The molecule has 2 N–H and O–H groups in total. The van der Waals surface area contributed by atoms with E-state index >= 15 is 0 Å². The Hall–Kier alpha value is -0.640. The number of aromatic nitrogens is 2. The fourth-order valence-corrected chi connectivity index (χ4v) is 2.45. The maximum absolute atomic E-state index is 5.65. The zero-order valence-electron chi connectivity index (χ0n) is 7.12. The first-order valence-corrected chi connectivity index (χ1v) is 5.29. The minimum Gasteiger partial charge on any atom is -0.351 e. The van der Waals surface area contributed by atoms with Crippen LogP contribution in [0.1, 0.15) is 31.5 Å². The fraction of sp³-hybridized carbons (Fsp3) is 0.750. The lowest BCUT2D eigenvalue weighted by Gasteiger charge is -2.02. The highest BCUT2D eigenvalue weighted by atomic mass is 32.1. The molecule has 0 radical (unpaired) electrons. The van der Waals surface area contributed by atoms with Crippen molar-refractivity contribution >= 4 is 16.7 Å². The van der Waals surface area contributed by atoms with Crippen LogP contribution in [-0.2, 0) is 13.0 Å². The van der Waals surface area contributed by atoms with E-state index in [1.54, 1.807) is 11.5 Å². The zero-order chi connectivity index (χ0) is 8.39. The number of fused-ring (bicyclic) bond motifs is 1. The topological polar surface area (TPSA) is 42.8 Å². The molecule has 0 saturated carbocycles. The van der Waals surface area contributed by atoms with Crippen LogP contribution in [0.25, 0.3) is 0 Å². The lowest BCUT2D eigenvalue weighted by molar-refractivity contribution is -0.640. The third-order valence-electron chi connectivity index (χ3n) is 2.24. The molecule has 0 spiro atoms. The van der Waals surface area contributed by atoms with Gasteiger partial charge in [-0.15, -0.1) is 0 Å². The van der Waals surface area contributed by atoms with Gasteiger partial charge < -0.3 is 5.73 Å². The maximum atomic E-state index is 5.65. The van der Waals surface area contributed by atoms with Crippen molar-refractivity contribution in [2.24, 2.45) is 0 Å². The molecule has 0 unspecified atom stereocenters. The van der Waals surface area contributed by atoms with Crippen LogP contribution in [0, 0.1) is 0 Å². The molecule has 4 heteroatoms. The van der Waals surface area contributed by atoms with Crippen LogP contribution < -0.4 is 9.69 Å². The lowest BCUT2D eigenvalue weighted by Crippen LogP contribution is -2.34. The molecule has 2 rings (SSSR count). The summed E-state index contributed by atoms with van der Waals surface area (Å²) in [5, 5.41) is 0.715. The summed E-state index contributed by atoms with van der Waals surface area (Å²) in [4.78, 5) is 4.31. The van der Waals surface area contributed by atoms with E-state index in [0.29, 0.717) is 5.13 Å². The molecule has 0 saturated heterocycles.